The summed E-state index contributed by atoms with van der Waals surface area (Å²) in [6.07, 6.45) is -0.135. The van der Waals surface area contributed by atoms with Crippen LogP contribution in [0, 0.1) is 11.7 Å². The van der Waals surface area contributed by atoms with E-state index in [-0.39, 0.29) is 43.5 Å². The van der Waals surface area contributed by atoms with Crippen LogP contribution in [-0.2, 0) is 22.5 Å². The average molecular weight is 392 g/mol. The summed E-state index contributed by atoms with van der Waals surface area (Å²) in [4.78, 5) is 40.9. The van der Waals surface area contributed by atoms with Gasteiger partial charge >= 0.3 is 5.69 Å². The fraction of sp³-hybridized carbons (Fsp3) is 0.421. The third kappa shape index (κ3) is 5.07. The summed E-state index contributed by atoms with van der Waals surface area (Å²) < 4.78 is 19.7. The Bertz CT molecular complexity index is 952. The maximum atomic E-state index is 13.4. The van der Waals surface area contributed by atoms with Gasteiger partial charge in [-0.2, -0.15) is 0 Å². The number of hydrogen-bond donors (Lipinski definition) is 2. The van der Waals surface area contributed by atoms with E-state index in [0.717, 1.165) is 0 Å². The zero-order valence-electron chi connectivity index (χ0n) is 16.2. The molecule has 0 saturated heterocycles. The summed E-state index contributed by atoms with van der Waals surface area (Å²) in [5, 5.41) is 0. The Labute approximate surface area is 161 Å². The van der Waals surface area contributed by atoms with Crippen molar-refractivity contribution in [3.8, 4) is 0 Å². The number of halogens is 1. The number of ether oxygens (including phenoxy) is 1. The first-order chi connectivity index (χ1) is 13.2. The molecule has 3 N–H and O–H groups in total. The number of hydrogen-bond acceptors (Lipinski definition) is 5. The van der Waals surface area contributed by atoms with E-state index < -0.39 is 23.0 Å². The van der Waals surface area contributed by atoms with Crippen molar-refractivity contribution in [2.24, 2.45) is 5.92 Å². The average Bonchev–Trinajstić information content (AvgIpc) is 2.61. The van der Waals surface area contributed by atoms with Gasteiger partial charge in [0.25, 0.3) is 5.56 Å². The highest BCUT2D eigenvalue weighted by molar-refractivity contribution is 5.96. The Hall–Kier alpha value is -2.94. The summed E-state index contributed by atoms with van der Waals surface area (Å²) in [5.41, 5.74) is 5.06. The number of benzene rings is 1. The highest BCUT2D eigenvalue weighted by Gasteiger charge is 2.24. The second kappa shape index (κ2) is 9.32. The maximum absolute atomic E-state index is 13.4. The standard InChI is InChI=1S/C19H25FN4O4/c1-12(2)11-24-17(21)16(18(26)22-19(24)27)23(7-8-28-3)15(25)10-13-5-4-6-14(20)9-13/h4-6,9,12H,7-8,10-11,21H2,1-3H3,(H,22,26,27). The van der Waals surface area contributed by atoms with E-state index >= 15 is 0 Å². The van der Waals surface area contributed by atoms with E-state index in [1.54, 1.807) is 6.07 Å². The van der Waals surface area contributed by atoms with Gasteiger partial charge in [0, 0.05) is 20.2 Å². The fourth-order valence-corrected chi connectivity index (χ4v) is 2.85. The molecular weight excluding hydrogens is 367 g/mol. The number of carbonyl (C=O) groups is 1. The first-order valence-corrected chi connectivity index (χ1v) is 8.91. The molecule has 2 aromatic rings. The van der Waals surface area contributed by atoms with Gasteiger partial charge in [0.2, 0.25) is 5.91 Å². The Kier molecular flexibility index (Phi) is 7.11. The number of methoxy groups -OCH3 is 1. The lowest BCUT2D eigenvalue weighted by Gasteiger charge is -2.24. The summed E-state index contributed by atoms with van der Waals surface area (Å²) in [6, 6.07) is 5.64. The van der Waals surface area contributed by atoms with Gasteiger partial charge < -0.3 is 15.4 Å². The number of rotatable bonds is 8. The zero-order valence-corrected chi connectivity index (χ0v) is 16.2. The molecule has 8 nitrogen and oxygen atoms in total. The molecule has 0 aliphatic heterocycles. The van der Waals surface area contributed by atoms with Gasteiger partial charge in [-0.05, 0) is 23.6 Å². The molecule has 1 heterocycles. The van der Waals surface area contributed by atoms with Crippen LogP contribution >= 0.6 is 0 Å². The third-order valence-corrected chi connectivity index (χ3v) is 4.10. The van der Waals surface area contributed by atoms with E-state index in [1.807, 2.05) is 13.8 Å². The largest absolute Gasteiger partial charge is 0.383 e. The van der Waals surface area contributed by atoms with Gasteiger partial charge in [-0.1, -0.05) is 26.0 Å². The topological polar surface area (TPSA) is 110 Å². The van der Waals surface area contributed by atoms with Gasteiger partial charge in [-0.15, -0.1) is 0 Å². The third-order valence-electron chi connectivity index (χ3n) is 4.10. The lowest BCUT2D eigenvalue weighted by molar-refractivity contribution is -0.118. The number of nitrogens with two attached hydrogens (primary N) is 1. The molecule has 0 fully saturated rings. The number of aromatic amines is 1. The monoisotopic (exact) mass is 392 g/mol. The van der Waals surface area contributed by atoms with Crippen molar-refractivity contribution in [1.29, 1.82) is 0 Å². The smallest absolute Gasteiger partial charge is 0.330 e. The van der Waals surface area contributed by atoms with Crippen LogP contribution in [0.25, 0.3) is 0 Å². The maximum Gasteiger partial charge on any atom is 0.330 e. The molecule has 1 aromatic heterocycles. The Morgan fingerprint density at radius 1 is 1.36 bits per heavy atom. The van der Waals surface area contributed by atoms with Gasteiger partial charge in [-0.25, -0.2) is 9.18 Å². The van der Waals surface area contributed by atoms with Crippen LogP contribution in [-0.4, -0.2) is 35.7 Å². The molecule has 28 heavy (non-hydrogen) atoms. The summed E-state index contributed by atoms with van der Waals surface area (Å²) in [6.45, 7) is 4.28. The molecule has 0 radical (unpaired) electrons. The molecule has 0 atom stereocenters. The number of carbonyl (C=O) groups excluding carboxylic acids is 1. The molecule has 9 heteroatoms. The minimum Gasteiger partial charge on any atom is -0.383 e. The van der Waals surface area contributed by atoms with E-state index in [0.29, 0.717) is 5.56 Å². The van der Waals surface area contributed by atoms with E-state index in [4.69, 9.17) is 10.5 Å². The first kappa shape index (κ1) is 21.4. The molecule has 1 amide bonds. The fourth-order valence-electron chi connectivity index (χ4n) is 2.85. The summed E-state index contributed by atoms with van der Waals surface area (Å²) in [5.74, 6) is -0.925. The molecule has 0 aliphatic rings. The zero-order chi connectivity index (χ0) is 20.8. The summed E-state index contributed by atoms with van der Waals surface area (Å²) in [7, 11) is 1.46. The second-order valence-corrected chi connectivity index (χ2v) is 6.84. The molecule has 1 aromatic carbocycles. The Balaban J connectivity index is 2.48. The normalized spacial score (nSPS) is 11.0. The van der Waals surface area contributed by atoms with Crippen LogP contribution < -0.4 is 21.9 Å². The lowest BCUT2D eigenvalue weighted by atomic mass is 10.1. The lowest BCUT2D eigenvalue weighted by Crippen LogP contribution is -2.43. The summed E-state index contributed by atoms with van der Waals surface area (Å²) >= 11 is 0. The highest BCUT2D eigenvalue weighted by Crippen LogP contribution is 2.19. The SMILES string of the molecule is COCCN(C(=O)Cc1cccc(F)c1)c1c(N)n(CC(C)C)c(=O)[nH]c1=O. The predicted molar refractivity (Wildman–Crippen MR) is 105 cm³/mol. The predicted octanol–water partition coefficient (Wildman–Crippen LogP) is 1.14. The van der Waals surface area contributed by atoms with Crippen LogP contribution in [0.2, 0.25) is 0 Å². The number of H-pyrrole nitrogens is 1. The Morgan fingerprint density at radius 3 is 2.68 bits per heavy atom. The minimum atomic E-state index is -0.758. The quantitative estimate of drug-likeness (QED) is 0.700. The van der Waals surface area contributed by atoms with Crippen molar-refractivity contribution in [3.63, 3.8) is 0 Å². The van der Waals surface area contributed by atoms with Crippen molar-refractivity contribution < 1.29 is 13.9 Å². The molecule has 152 valence electrons. The number of nitrogens with one attached hydrogen (secondary N) is 1. The molecule has 0 saturated carbocycles. The molecule has 0 unspecified atom stereocenters. The Morgan fingerprint density at radius 2 is 2.07 bits per heavy atom. The number of amides is 1. The number of nitrogens with zero attached hydrogens (tertiary/aromatic N) is 2. The van der Waals surface area contributed by atoms with E-state index in [2.05, 4.69) is 4.98 Å². The van der Waals surface area contributed by atoms with Gasteiger partial charge in [0.15, 0.2) is 5.69 Å². The molecule has 0 bridgehead atoms. The van der Waals surface area contributed by atoms with Crippen LogP contribution in [0.15, 0.2) is 33.9 Å². The van der Waals surface area contributed by atoms with Gasteiger partial charge in [0.05, 0.1) is 13.0 Å². The van der Waals surface area contributed by atoms with Crippen LogP contribution in [0.5, 0.6) is 0 Å². The second-order valence-electron chi connectivity index (χ2n) is 6.84. The number of nitrogen functional groups attached to an aromatic ring is 1. The van der Waals surface area contributed by atoms with Crippen molar-refractivity contribution >= 4 is 17.4 Å². The van der Waals surface area contributed by atoms with Crippen molar-refractivity contribution in [3.05, 3.63) is 56.5 Å². The van der Waals surface area contributed by atoms with Crippen molar-refractivity contribution in [2.75, 3.05) is 30.9 Å². The molecule has 0 spiro atoms. The molecular formula is C19H25FN4O4. The van der Waals surface area contributed by atoms with E-state index in [9.17, 15) is 18.8 Å². The minimum absolute atomic E-state index is 0.0534. The number of anilines is 2. The highest BCUT2D eigenvalue weighted by atomic mass is 19.1. The first-order valence-electron chi connectivity index (χ1n) is 8.91. The molecule has 0 aliphatic carbocycles. The molecule has 2 rings (SSSR count). The number of aromatic nitrogens is 2. The van der Waals surface area contributed by atoms with E-state index in [1.165, 1.54) is 34.8 Å². The van der Waals surface area contributed by atoms with Gasteiger partial charge in [0.1, 0.15) is 11.6 Å². The van der Waals surface area contributed by atoms with Crippen molar-refractivity contribution in [1.82, 2.24) is 9.55 Å². The van der Waals surface area contributed by atoms with Gasteiger partial charge in [-0.3, -0.25) is 19.1 Å². The van der Waals surface area contributed by atoms with Crippen LogP contribution in [0.4, 0.5) is 15.9 Å². The van der Waals surface area contributed by atoms with Crippen molar-refractivity contribution in [2.45, 2.75) is 26.8 Å². The van der Waals surface area contributed by atoms with Crippen LogP contribution in [0.3, 0.4) is 0 Å². The van der Waals surface area contributed by atoms with Crippen LogP contribution in [0.1, 0.15) is 19.4 Å².